The van der Waals surface area contributed by atoms with Crippen LogP contribution in [-0.4, -0.2) is 5.97 Å². The molecule has 0 radical (unpaired) electrons. The van der Waals surface area contributed by atoms with Crippen LogP contribution in [0, 0.1) is 5.41 Å². The fourth-order valence-corrected chi connectivity index (χ4v) is 1.13. The Morgan fingerprint density at radius 2 is 1.87 bits per heavy atom. The number of carbonyl (C=O) groups is 1. The average Bonchev–Trinajstić information content (AvgIpc) is 2.01. The topological polar surface area (TPSA) is 26.3 Å². The molecule has 0 aromatic carbocycles. The summed E-state index contributed by atoms with van der Waals surface area (Å²) in [7, 11) is 0. The summed E-state index contributed by atoms with van der Waals surface area (Å²) in [4.78, 5) is 10.5. The van der Waals surface area contributed by atoms with E-state index in [0.717, 1.165) is 12.8 Å². The van der Waals surface area contributed by atoms with Crippen molar-refractivity contribution in [2.75, 3.05) is 0 Å². The largest absolute Gasteiger partial charge is 0.435 e. The summed E-state index contributed by atoms with van der Waals surface area (Å²) in [5.74, 6) is -0.272. The van der Waals surface area contributed by atoms with Crippen LogP contribution in [0.5, 0.6) is 0 Å². The molecular weight excluding hydrogens is 188 g/mol. The maximum atomic E-state index is 10.5. The Morgan fingerprint density at radius 3 is 2.33 bits per heavy atom. The van der Waals surface area contributed by atoms with Gasteiger partial charge in [0.2, 0.25) is 0 Å². The van der Waals surface area contributed by atoms with Crippen LogP contribution in [0.25, 0.3) is 0 Å². The van der Waals surface area contributed by atoms with E-state index < -0.39 is 0 Å². The molecule has 0 aliphatic rings. The van der Waals surface area contributed by atoms with Gasteiger partial charge in [-0.25, -0.2) is 0 Å². The van der Waals surface area contributed by atoms with Crippen LogP contribution in [0.1, 0.15) is 47.5 Å². The zero-order valence-electron chi connectivity index (χ0n) is 10.5. The van der Waals surface area contributed by atoms with E-state index in [4.69, 9.17) is 4.74 Å². The van der Waals surface area contributed by atoms with Gasteiger partial charge in [-0.05, 0) is 38.2 Å². The Morgan fingerprint density at radius 1 is 1.27 bits per heavy atom. The molecule has 0 aromatic heterocycles. The van der Waals surface area contributed by atoms with E-state index >= 15 is 0 Å². The lowest BCUT2D eigenvalue weighted by atomic mass is 9.88. The van der Waals surface area contributed by atoms with Crippen LogP contribution in [-0.2, 0) is 9.53 Å². The van der Waals surface area contributed by atoms with E-state index in [9.17, 15) is 4.79 Å². The molecule has 0 spiro atoms. The van der Waals surface area contributed by atoms with Crippen LogP contribution in [0.3, 0.4) is 0 Å². The number of hydrogen-bond acceptors (Lipinski definition) is 2. The zero-order valence-corrected chi connectivity index (χ0v) is 10.5. The molecule has 86 valence electrons. The molecule has 0 unspecified atom stereocenters. The lowest BCUT2D eigenvalue weighted by molar-refractivity contribution is -0.135. The van der Waals surface area contributed by atoms with Gasteiger partial charge in [0, 0.05) is 6.92 Å². The van der Waals surface area contributed by atoms with Gasteiger partial charge in [0.25, 0.3) is 0 Å². The van der Waals surface area contributed by atoms with Gasteiger partial charge in [-0.2, -0.15) is 0 Å². The summed E-state index contributed by atoms with van der Waals surface area (Å²) in [5.41, 5.74) is 1.41. The van der Waals surface area contributed by atoms with Gasteiger partial charge in [0.1, 0.15) is 0 Å². The Hall–Kier alpha value is -1.05. The van der Waals surface area contributed by atoms with Gasteiger partial charge in [-0.15, -0.1) is 0 Å². The second-order valence-electron chi connectivity index (χ2n) is 4.72. The molecule has 0 saturated carbocycles. The third kappa shape index (κ3) is 9.26. The molecule has 0 fully saturated rings. The Bertz CT molecular complexity index is 256. The molecule has 0 heterocycles. The minimum absolute atomic E-state index is 0.0708. The second kappa shape index (κ2) is 6.44. The van der Waals surface area contributed by atoms with E-state index in [0.29, 0.717) is 0 Å². The minimum Gasteiger partial charge on any atom is -0.435 e. The summed E-state index contributed by atoms with van der Waals surface area (Å²) in [6, 6.07) is 0. The molecule has 0 N–H and O–H groups in total. The molecule has 0 amide bonds. The highest BCUT2D eigenvalue weighted by molar-refractivity contribution is 5.66. The molecule has 0 saturated heterocycles. The fourth-order valence-electron chi connectivity index (χ4n) is 1.13. The molecule has 2 heteroatoms. The number of esters is 1. The third-order valence-corrected chi connectivity index (χ3v) is 2.09. The van der Waals surface area contributed by atoms with Gasteiger partial charge in [0.15, 0.2) is 0 Å². The highest BCUT2D eigenvalue weighted by atomic mass is 16.5. The molecule has 0 atom stereocenters. The quantitative estimate of drug-likeness (QED) is 0.391. The van der Waals surface area contributed by atoms with Crippen LogP contribution in [0.4, 0.5) is 0 Å². The van der Waals surface area contributed by atoms with Gasteiger partial charge in [-0.3, -0.25) is 4.79 Å². The van der Waals surface area contributed by atoms with E-state index in [1.165, 1.54) is 18.8 Å². The van der Waals surface area contributed by atoms with Crippen molar-refractivity contribution in [2.24, 2.45) is 5.41 Å². The summed E-state index contributed by atoms with van der Waals surface area (Å²) in [6.45, 7) is 9.86. The first-order valence-corrected chi connectivity index (χ1v) is 5.32. The summed E-state index contributed by atoms with van der Waals surface area (Å²) in [5, 5.41) is 0. The highest BCUT2D eigenvalue weighted by Gasteiger charge is 2.12. The number of hydrogen-bond donors (Lipinski definition) is 0. The van der Waals surface area contributed by atoms with Crippen LogP contribution < -0.4 is 0 Å². The van der Waals surface area contributed by atoms with Crippen molar-refractivity contribution in [3.8, 4) is 0 Å². The van der Waals surface area contributed by atoms with Crippen LogP contribution >= 0.6 is 0 Å². The molecule has 0 bridgehead atoms. The van der Waals surface area contributed by atoms with Crippen molar-refractivity contribution in [3.05, 3.63) is 24.0 Å². The van der Waals surface area contributed by atoms with E-state index in [1.54, 1.807) is 0 Å². The second-order valence-corrected chi connectivity index (χ2v) is 4.72. The molecule has 0 aliphatic carbocycles. The van der Waals surface area contributed by atoms with Gasteiger partial charge in [-0.1, -0.05) is 25.5 Å². The number of ether oxygens (including phenoxy) is 1. The first-order valence-electron chi connectivity index (χ1n) is 5.32. The SMILES string of the molecule is CC(=O)OC=CC(C)(C)CCC=C(C)C. The molecule has 2 nitrogen and oxygen atoms in total. The molecular formula is C13H22O2. The molecule has 15 heavy (non-hydrogen) atoms. The maximum Gasteiger partial charge on any atom is 0.307 e. The lowest BCUT2D eigenvalue weighted by Gasteiger charge is -2.18. The highest BCUT2D eigenvalue weighted by Crippen LogP contribution is 2.24. The standard InChI is InChI=1S/C13H22O2/c1-11(2)7-6-8-13(4,5)9-10-15-12(3)14/h7,9-10H,6,8H2,1-5H3. The average molecular weight is 210 g/mol. The summed E-state index contributed by atoms with van der Waals surface area (Å²) in [6.07, 6.45) is 7.76. The molecule has 0 aliphatic heterocycles. The third-order valence-electron chi connectivity index (χ3n) is 2.09. The lowest BCUT2D eigenvalue weighted by Crippen LogP contribution is -2.07. The van der Waals surface area contributed by atoms with Crippen molar-refractivity contribution < 1.29 is 9.53 Å². The van der Waals surface area contributed by atoms with E-state index in [-0.39, 0.29) is 11.4 Å². The maximum absolute atomic E-state index is 10.5. The van der Waals surface area contributed by atoms with Gasteiger partial charge < -0.3 is 4.74 Å². The fraction of sp³-hybridized carbons (Fsp3) is 0.615. The molecule has 0 rings (SSSR count). The van der Waals surface area contributed by atoms with Crippen molar-refractivity contribution >= 4 is 5.97 Å². The Kier molecular flexibility index (Phi) is 5.99. The number of carbonyl (C=O) groups excluding carboxylic acids is 1. The molecule has 0 aromatic rings. The van der Waals surface area contributed by atoms with Crippen molar-refractivity contribution in [1.29, 1.82) is 0 Å². The predicted octanol–water partition coefficient (Wildman–Crippen LogP) is 3.84. The summed E-state index contributed by atoms with van der Waals surface area (Å²) < 4.78 is 4.77. The predicted molar refractivity (Wildman–Crippen MR) is 63.4 cm³/mol. The van der Waals surface area contributed by atoms with Crippen molar-refractivity contribution in [2.45, 2.75) is 47.5 Å². The Balaban J connectivity index is 4.01. The Labute approximate surface area is 93.0 Å². The monoisotopic (exact) mass is 210 g/mol. The number of rotatable bonds is 5. The number of allylic oxidation sites excluding steroid dienone is 3. The van der Waals surface area contributed by atoms with E-state index in [2.05, 4.69) is 33.8 Å². The smallest absolute Gasteiger partial charge is 0.307 e. The first kappa shape index (κ1) is 13.9. The minimum atomic E-state index is -0.272. The van der Waals surface area contributed by atoms with Crippen molar-refractivity contribution in [3.63, 3.8) is 0 Å². The van der Waals surface area contributed by atoms with Crippen molar-refractivity contribution in [1.82, 2.24) is 0 Å². The summed E-state index contributed by atoms with van der Waals surface area (Å²) >= 11 is 0. The van der Waals surface area contributed by atoms with Crippen LogP contribution in [0.2, 0.25) is 0 Å². The first-order chi connectivity index (χ1) is 6.83. The van der Waals surface area contributed by atoms with E-state index in [1.807, 2.05) is 6.08 Å². The van der Waals surface area contributed by atoms with Gasteiger partial charge >= 0.3 is 5.97 Å². The normalized spacial score (nSPS) is 11.5. The van der Waals surface area contributed by atoms with Gasteiger partial charge in [0.05, 0.1) is 6.26 Å². The van der Waals surface area contributed by atoms with Crippen LogP contribution in [0.15, 0.2) is 24.0 Å². The zero-order chi connectivity index (χ0) is 11.9.